The molecular weight excluding hydrogens is 453 g/mol. The first-order valence-corrected chi connectivity index (χ1v) is 11.3. The molecule has 0 N–H and O–H groups in total. The van der Waals surface area contributed by atoms with E-state index in [1.807, 2.05) is 0 Å². The molecule has 1 heterocycles. The molecule has 0 aromatic heterocycles. The smallest absolute Gasteiger partial charge is 0.426 e. The van der Waals surface area contributed by atoms with Crippen LogP contribution in [-0.4, -0.2) is 35.4 Å². The quantitative estimate of drug-likeness (QED) is 0.461. The van der Waals surface area contributed by atoms with E-state index in [1.165, 1.54) is 24.3 Å². The first-order valence-electron chi connectivity index (χ1n) is 11.3. The van der Waals surface area contributed by atoms with Gasteiger partial charge in [-0.25, -0.2) is 13.6 Å². The lowest BCUT2D eigenvalue weighted by atomic mass is 9.73. The highest BCUT2D eigenvalue weighted by Gasteiger charge is 2.57. The van der Waals surface area contributed by atoms with Crippen molar-refractivity contribution in [1.82, 2.24) is 4.90 Å². The van der Waals surface area contributed by atoms with Gasteiger partial charge in [0.2, 0.25) is 5.67 Å². The second-order valence-electron chi connectivity index (χ2n) is 10.5. The van der Waals surface area contributed by atoms with E-state index < -0.39 is 34.5 Å². The summed E-state index contributed by atoms with van der Waals surface area (Å²) in [5.74, 6) is -0.370. The number of amides is 1. The van der Waals surface area contributed by atoms with Crippen LogP contribution in [0.5, 0.6) is 0 Å². The van der Waals surface area contributed by atoms with Gasteiger partial charge in [0.15, 0.2) is 0 Å². The van der Waals surface area contributed by atoms with Gasteiger partial charge in [-0.15, -0.1) is 0 Å². The van der Waals surface area contributed by atoms with Gasteiger partial charge in [-0.2, -0.15) is 13.2 Å². The van der Waals surface area contributed by atoms with Crippen LogP contribution in [0.3, 0.4) is 0 Å². The van der Waals surface area contributed by atoms with Crippen LogP contribution in [0.1, 0.15) is 56.4 Å². The van der Waals surface area contributed by atoms with Gasteiger partial charge in [-0.3, -0.25) is 0 Å². The Morgan fingerprint density at radius 2 is 1.71 bits per heavy atom. The fraction of sp³-hybridized carbons (Fsp3) is 0.500. The molecule has 1 saturated heterocycles. The summed E-state index contributed by atoms with van der Waals surface area (Å²) in [6, 6.07) is 9.73. The monoisotopic (exact) mass is 481 g/mol. The van der Waals surface area contributed by atoms with Crippen LogP contribution in [0, 0.1) is 5.82 Å². The molecule has 8 heteroatoms. The summed E-state index contributed by atoms with van der Waals surface area (Å²) in [4.78, 5) is 14.6. The topological polar surface area (TPSA) is 29.5 Å². The summed E-state index contributed by atoms with van der Waals surface area (Å²) in [6.45, 7) is 6.24. The predicted octanol–water partition coefficient (Wildman–Crippen LogP) is 6.62. The number of benzene rings is 2. The minimum Gasteiger partial charge on any atom is -0.444 e. The van der Waals surface area contributed by atoms with Crippen molar-refractivity contribution in [2.45, 2.75) is 75.9 Å². The number of rotatable bonds is 3. The molecule has 0 spiro atoms. The molecule has 1 aliphatic heterocycles. The van der Waals surface area contributed by atoms with Gasteiger partial charge in [0.25, 0.3) is 0 Å². The highest BCUT2D eigenvalue weighted by atomic mass is 19.4. The van der Waals surface area contributed by atoms with E-state index in [4.69, 9.17) is 4.74 Å². The van der Waals surface area contributed by atoms with Crippen molar-refractivity contribution in [2.75, 3.05) is 6.54 Å². The Hall–Kier alpha value is -2.64. The molecule has 34 heavy (non-hydrogen) atoms. The van der Waals surface area contributed by atoms with E-state index >= 15 is 0 Å². The number of alkyl halides is 4. The maximum absolute atomic E-state index is 14.7. The van der Waals surface area contributed by atoms with Crippen molar-refractivity contribution in [3.05, 3.63) is 70.5 Å². The Bertz CT molecular complexity index is 1090. The highest BCUT2D eigenvalue weighted by molar-refractivity contribution is 5.70. The summed E-state index contributed by atoms with van der Waals surface area (Å²) < 4.78 is 73.8. The number of carbonyl (C=O) groups excluding carboxylic acids is 1. The third kappa shape index (κ3) is 4.16. The highest BCUT2D eigenvalue weighted by Crippen LogP contribution is 2.52. The van der Waals surface area contributed by atoms with Gasteiger partial charge in [-0.1, -0.05) is 30.3 Å². The van der Waals surface area contributed by atoms with Crippen LogP contribution < -0.4 is 0 Å². The number of halogens is 5. The zero-order valence-electron chi connectivity index (χ0n) is 19.6. The number of fused-ring (bicyclic) bond motifs is 3. The van der Waals surface area contributed by atoms with E-state index in [0.717, 1.165) is 11.1 Å². The second kappa shape index (κ2) is 7.95. The number of ether oxygens (including phenoxy) is 1. The number of nitrogens with zero attached hydrogens (tertiary/aromatic N) is 1. The molecule has 184 valence electrons. The molecule has 2 aliphatic rings. The Labute approximate surface area is 195 Å². The minimum absolute atomic E-state index is 0.289. The summed E-state index contributed by atoms with van der Waals surface area (Å²) in [5, 5.41) is 0. The summed E-state index contributed by atoms with van der Waals surface area (Å²) >= 11 is 0. The maximum atomic E-state index is 14.7. The van der Waals surface area contributed by atoms with Crippen molar-refractivity contribution in [1.29, 1.82) is 0 Å². The van der Waals surface area contributed by atoms with Crippen LogP contribution in [-0.2, 0) is 28.7 Å². The normalized spacial score (nSPS) is 23.9. The molecule has 4 rings (SSSR count). The first-order chi connectivity index (χ1) is 15.6. The third-order valence-electron chi connectivity index (χ3n) is 7.00. The number of hydrogen-bond acceptors (Lipinski definition) is 2. The van der Waals surface area contributed by atoms with Gasteiger partial charge in [0.05, 0.1) is 0 Å². The number of carbonyl (C=O) groups is 1. The predicted molar refractivity (Wildman–Crippen MR) is 118 cm³/mol. The molecule has 1 fully saturated rings. The van der Waals surface area contributed by atoms with Crippen LogP contribution >= 0.6 is 0 Å². The molecule has 0 radical (unpaired) electrons. The third-order valence-corrected chi connectivity index (χ3v) is 7.00. The van der Waals surface area contributed by atoms with Gasteiger partial charge in [-0.05, 0) is 81.3 Å². The van der Waals surface area contributed by atoms with Crippen molar-refractivity contribution >= 4 is 6.09 Å². The van der Waals surface area contributed by atoms with Crippen LogP contribution in [0.25, 0.3) is 0 Å². The summed E-state index contributed by atoms with van der Waals surface area (Å²) in [5.41, 5.74) is -3.01. The van der Waals surface area contributed by atoms with E-state index in [2.05, 4.69) is 0 Å². The molecule has 1 amide bonds. The maximum Gasteiger partial charge on any atom is 0.426 e. The van der Waals surface area contributed by atoms with Crippen molar-refractivity contribution in [3.63, 3.8) is 0 Å². The molecule has 0 saturated carbocycles. The standard InChI is InChI=1S/C26H28F5NO2/c1-23(2,3)34-22(33)32-12-11-25(15-16-5-8-19(27)9-6-16)20-10-7-18(13-17(20)14-21(25)32)24(4,28)26(29,30)31/h5-10,13,21H,11-12,14-15H2,1-4H3. The molecule has 3 nitrogen and oxygen atoms in total. The van der Waals surface area contributed by atoms with Crippen LogP contribution in [0.4, 0.5) is 26.7 Å². The van der Waals surface area contributed by atoms with Gasteiger partial charge >= 0.3 is 12.3 Å². The Kier molecular flexibility index (Phi) is 5.73. The van der Waals surface area contributed by atoms with Crippen LogP contribution in [0.15, 0.2) is 42.5 Å². The largest absolute Gasteiger partial charge is 0.444 e. The molecule has 3 unspecified atom stereocenters. The van der Waals surface area contributed by atoms with Gasteiger partial charge in [0.1, 0.15) is 11.4 Å². The zero-order chi connectivity index (χ0) is 25.1. The molecule has 2 aromatic carbocycles. The summed E-state index contributed by atoms with van der Waals surface area (Å²) in [7, 11) is 0. The lowest BCUT2D eigenvalue weighted by Gasteiger charge is -2.34. The van der Waals surface area contributed by atoms with Crippen molar-refractivity contribution < 1.29 is 31.5 Å². The molecule has 1 aliphatic carbocycles. The molecule has 0 bridgehead atoms. The fourth-order valence-electron chi connectivity index (χ4n) is 5.28. The Morgan fingerprint density at radius 1 is 1.06 bits per heavy atom. The average molecular weight is 482 g/mol. The van der Waals surface area contributed by atoms with E-state index in [-0.39, 0.29) is 18.3 Å². The number of hydrogen-bond donors (Lipinski definition) is 0. The lowest BCUT2D eigenvalue weighted by molar-refractivity contribution is -0.228. The van der Waals surface area contributed by atoms with E-state index in [9.17, 15) is 26.7 Å². The van der Waals surface area contributed by atoms with E-state index in [0.29, 0.717) is 31.9 Å². The van der Waals surface area contributed by atoms with Crippen LogP contribution in [0.2, 0.25) is 0 Å². The second-order valence-corrected chi connectivity index (χ2v) is 10.5. The number of likely N-dealkylation sites (tertiary alicyclic amines) is 1. The summed E-state index contributed by atoms with van der Waals surface area (Å²) in [6.07, 6.45) is -4.22. The zero-order valence-corrected chi connectivity index (χ0v) is 19.6. The van der Waals surface area contributed by atoms with E-state index in [1.54, 1.807) is 43.9 Å². The molecule has 2 aromatic rings. The Balaban J connectivity index is 1.76. The minimum atomic E-state index is -5.05. The Morgan fingerprint density at radius 3 is 2.29 bits per heavy atom. The van der Waals surface area contributed by atoms with Crippen molar-refractivity contribution in [3.8, 4) is 0 Å². The van der Waals surface area contributed by atoms with Crippen molar-refractivity contribution in [2.24, 2.45) is 0 Å². The lowest BCUT2D eigenvalue weighted by Crippen LogP contribution is -2.45. The fourth-order valence-corrected chi connectivity index (χ4v) is 5.28. The van der Waals surface area contributed by atoms with Gasteiger partial charge < -0.3 is 9.64 Å². The molecular formula is C26H28F5NO2. The molecule has 3 atom stereocenters. The first kappa shape index (κ1) is 24.5. The van der Waals surface area contributed by atoms with Gasteiger partial charge in [0, 0.05) is 18.0 Å². The SMILES string of the molecule is CC(C)(C)OC(=O)N1CCC2(Cc3ccc(F)cc3)c3ccc(C(C)(F)C(F)(F)F)cc3CC12. The average Bonchev–Trinajstić information content (AvgIpc) is 3.20.